The summed E-state index contributed by atoms with van der Waals surface area (Å²) in [6.07, 6.45) is 7.45. The summed E-state index contributed by atoms with van der Waals surface area (Å²) in [6.45, 7) is 6.68. The van der Waals surface area contributed by atoms with Crippen LogP contribution in [-0.4, -0.2) is 23.9 Å². The van der Waals surface area contributed by atoms with Crippen LogP contribution in [0.4, 0.5) is 0 Å². The van der Waals surface area contributed by atoms with Gasteiger partial charge in [0, 0.05) is 19.0 Å². The molecule has 0 aromatic heterocycles. The standard InChI is InChI=1S/C15H25NO/c1-15(2)4-3-6-16(7-5-15)14(17)13-9-11-8-12(11)10-13/h11-13H,3-10H2,1-2H3. The molecule has 3 fully saturated rings. The Hall–Kier alpha value is -0.530. The summed E-state index contributed by atoms with van der Waals surface area (Å²) in [6, 6.07) is 0. The zero-order valence-corrected chi connectivity index (χ0v) is 11.2. The van der Waals surface area contributed by atoms with Crippen LogP contribution in [0.5, 0.6) is 0 Å². The van der Waals surface area contributed by atoms with Gasteiger partial charge in [0.25, 0.3) is 0 Å². The Morgan fingerprint density at radius 3 is 2.47 bits per heavy atom. The van der Waals surface area contributed by atoms with E-state index >= 15 is 0 Å². The molecule has 0 N–H and O–H groups in total. The van der Waals surface area contributed by atoms with Crippen LogP contribution in [-0.2, 0) is 4.79 Å². The van der Waals surface area contributed by atoms with E-state index in [1.807, 2.05) is 0 Å². The normalized spacial score (nSPS) is 39.6. The zero-order chi connectivity index (χ0) is 12.0. The SMILES string of the molecule is CC1(C)CCCN(C(=O)C2CC3CC3C2)CC1. The second kappa shape index (κ2) is 4.00. The number of hydrogen-bond donors (Lipinski definition) is 0. The minimum absolute atomic E-state index is 0.389. The van der Waals surface area contributed by atoms with E-state index in [9.17, 15) is 4.79 Å². The van der Waals surface area contributed by atoms with Gasteiger partial charge in [-0.05, 0) is 55.8 Å². The van der Waals surface area contributed by atoms with E-state index in [0.717, 1.165) is 24.9 Å². The fraction of sp³-hybridized carbons (Fsp3) is 0.933. The maximum Gasteiger partial charge on any atom is 0.225 e. The van der Waals surface area contributed by atoms with Crippen molar-refractivity contribution in [2.45, 2.75) is 52.4 Å². The maximum atomic E-state index is 12.5. The van der Waals surface area contributed by atoms with Crippen molar-refractivity contribution >= 4 is 5.91 Å². The molecular formula is C15H25NO. The molecule has 2 saturated carbocycles. The monoisotopic (exact) mass is 235 g/mol. The molecule has 0 spiro atoms. The lowest BCUT2D eigenvalue weighted by atomic mass is 9.85. The fourth-order valence-electron chi connectivity index (χ4n) is 3.82. The Labute approximate surface area is 105 Å². The molecule has 1 saturated heterocycles. The smallest absolute Gasteiger partial charge is 0.225 e. The van der Waals surface area contributed by atoms with Crippen molar-refractivity contribution in [1.82, 2.24) is 4.90 Å². The maximum absolute atomic E-state index is 12.5. The Balaban J connectivity index is 1.58. The van der Waals surface area contributed by atoms with Crippen molar-refractivity contribution in [3.05, 3.63) is 0 Å². The molecule has 0 radical (unpaired) electrons. The van der Waals surface area contributed by atoms with Crippen molar-refractivity contribution in [2.75, 3.05) is 13.1 Å². The molecule has 0 aromatic rings. The largest absolute Gasteiger partial charge is 0.342 e. The second-order valence-electron chi connectivity index (χ2n) is 7.27. The molecule has 3 rings (SSSR count). The van der Waals surface area contributed by atoms with E-state index in [2.05, 4.69) is 18.7 Å². The van der Waals surface area contributed by atoms with Crippen LogP contribution < -0.4 is 0 Å². The fourth-order valence-corrected chi connectivity index (χ4v) is 3.82. The molecule has 96 valence electrons. The van der Waals surface area contributed by atoms with Crippen LogP contribution in [0.25, 0.3) is 0 Å². The molecular weight excluding hydrogens is 210 g/mol. The lowest BCUT2D eigenvalue weighted by Crippen LogP contribution is -2.36. The molecule has 1 aliphatic heterocycles. The lowest BCUT2D eigenvalue weighted by Gasteiger charge is -2.26. The minimum atomic E-state index is 0.389. The third kappa shape index (κ3) is 2.36. The van der Waals surface area contributed by atoms with Crippen molar-refractivity contribution in [2.24, 2.45) is 23.2 Å². The van der Waals surface area contributed by atoms with E-state index in [1.165, 1.54) is 38.5 Å². The van der Waals surface area contributed by atoms with Crippen LogP contribution in [0.15, 0.2) is 0 Å². The van der Waals surface area contributed by atoms with Gasteiger partial charge < -0.3 is 4.90 Å². The highest BCUT2D eigenvalue weighted by molar-refractivity contribution is 5.79. The first-order chi connectivity index (χ1) is 8.05. The molecule has 2 heteroatoms. The van der Waals surface area contributed by atoms with Gasteiger partial charge in [0.2, 0.25) is 5.91 Å². The van der Waals surface area contributed by atoms with Crippen LogP contribution in [0.2, 0.25) is 0 Å². The number of hydrogen-bond acceptors (Lipinski definition) is 1. The predicted molar refractivity (Wildman–Crippen MR) is 68.5 cm³/mol. The van der Waals surface area contributed by atoms with Crippen molar-refractivity contribution in [3.63, 3.8) is 0 Å². The van der Waals surface area contributed by atoms with Crippen LogP contribution in [0.3, 0.4) is 0 Å². The summed E-state index contributed by atoms with van der Waals surface area (Å²) in [5, 5.41) is 0. The predicted octanol–water partition coefficient (Wildman–Crippen LogP) is 3.07. The van der Waals surface area contributed by atoms with E-state index < -0.39 is 0 Å². The van der Waals surface area contributed by atoms with Gasteiger partial charge in [-0.2, -0.15) is 0 Å². The highest BCUT2D eigenvalue weighted by Gasteiger charge is 2.48. The summed E-state index contributed by atoms with van der Waals surface area (Å²) >= 11 is 0. The summed E-state index contributed by atoms with van der Waals surface area (Å²) in [7, 11) is 0. The van der Waals surface area contributed by atoms with E-state index in [0.29, 0.717) is 17.2 Å². The molecule has 3 aliphatic rings. The molecule has 2 unspecified atom stereocenters. The Morgan fingerprint density at radius 2 is 1.76 bits per heavy atom. The number of amides is 1. The van der Waals surface area contributed by atoms with Crippen molar-refractivity contribution in [1.29, 1.82) is 0 Å². The first-order valence-corrected chi connectivity index (χ1v) is 7.34. The number of carbonyl (C=O) groups excluding carboxylic acids is 1. The molecule has 2 atom stereocenters. The number of fused-ring (bicyclic) bond motifs is 1. The summed E-state index contributed by atoms with van der Waals surface area (Å²) in [5.74, 6) is 2.72. The molecule has 1 amide bonds. The third-order valence-electron chi connectivity index (χ3n) is 5.24. The van der Waals surface area contributed by atoms with Gasteiger partial charge in [-0.3, -0.25) is 4.79 Å². The van der Waals surface area contributed by atoms with Gasteiger partial charge in [0.1, 0.15) is 0 Å². The van der Waals surface area contributed by atoms with Gasteiger partial charge in [-0.1, -0.05) is 13.8 Å². The van der Waals surface area contributed by atoms with Gasteiger partial charge in [0.05, 0.1) is 0 Å². The summed E-state index contributed by atoms with van der Waals surface area (Å²) in [5.41, 5.74) is 0.437. The van der Waals surface area contributed by atoms with E-state index in [1.54, 1.807) is 0 Å². The van der Waals surface area contributed by atoms with Gasteiger partial charge in [0.15, 0.2) is 0 Å². The molecule has 2 aliphatic carbocycles. The first-order valence-electron chi connectivity index (χ1n) is 7.34. The quantitative estimate of drug-likeness (QED) is 0.684. The van der Waals surface area contributed by atoms with Crippen LogP contribution >= 0.6 is 0 Å². The molecule has 2 nitrogen and oxygen atoms in total. The average Bonchev–Trinajstić information content (AvgIpc) is 2.94. The topological polar surface area (TPSA) is 20.3 Å². The van der Waals surface area contributed by atoms with Crippen molar-refractivity contribution in [3.8, 4) is 0 Å². The van der Waals surface area contributed by atoms with E-state index in [4.69, 9.17) is 0 Å². The van der Waals surface area contributed by atoms with Crippen molar-refractivity contribution < 1.29 is 4.79 Å². The lowest BCUT2D eigenvalue weighted by molar-refractivity contribution is -0.135. The Bertz CT molecular complexity index is 313. The second-order valence-corrected chi connectivity index (χ2v) is 7.27. The van der Waals surface area contributed by atoms with Crippen LogP contribution in [0, 0.1) is 23.2 Å². The number of likely N-dealkylation sites (tertiary alicyclic amines) is 1. The summed E-state index contributed by atoms with van der Waals surface area (Å²) < 4.78 is 0. The van der Waals surface area contributed by atoms with E-state index in [-0.39, 0.29) is 0 Å². The molecule has 0 aromatic carbocycles. The molecule has 0 bridgehead atoms. The van der Waals surface area contributed by atoms with Gasteiger partial charge in [-0.15, -0.1) is 0 Å². The molecule has 17 heavy (non-hydrogen) atoms. The highest BCUT2D eigenvalue weighted by Crippen LogP contribution is 2.54. The Kier molecular flexibility index (Phi) is 2.72. The first kappa shape index (κ1) is 11.6. The Morgan fingerprint density at radius 1 is 1.06 bits per heavy atom. The highest BCUT2D eigenvalue weighted by atomic mass is 16.2. The number of carbonyl (C=O) groups is 1. The van der Waals surface area contributed by atoms with Crippen LogP contribution in [0.1, 0.15) is 52.4 Å². The molecule has 1 heterocycles. The third-order valence-corrected chi connectivity index (χ3v) is 5.24. The number of rotatable bonds is 1. The van der Waals surface area contributed by atoms with Gasteiger partial charge in [-0.25, -0.2) is 0 Å². The zero-order valence-electron chi connectivity index (χ0n) is 11.2. The summed E-state index contributed by atoms with van der Waals surface area (Å²) in [4.78, 5) is 14.6. The minimum Gasteiger partial charge on any atom is -0.342 e. The average molecular weight is 235 g/mol. The number of nitrogens with zero attached hydrogens (tertiary/aromatic N) is 1. The van der Waals surface area contributed by atoms with Gasteiger partial charge >= 0.3 is 0 Å².